The summed E-state index contributed by atoms with van der Waals surface area (Å²) in [5, 5.41) is 0. The summed E-state index contributed by atoms with van der Waals surface area (Å²) < 4.78 is 5.71. The van der Waals surface area contributed by atoms with Gasteiger partial charge in [0, 0.05) is 12.6 Å². The van der Waals surface area contributed by atoms with E-state index < -0.39 is 0 Å². The van der Waals surface area contributed by atoms with Gasteiger partial charge in [-0.05, 0) is 63.1 Å². The first kappa shape index (κ1) is 14.4. The Hall–Kier alpha value is -1.51. The lowest BCUT2D eigenvalue weighted by molar-refractivity contribution is -0.131. The maximum atomic E-state index is 12.6. The first-order valence-electron chi connectivity index (χ1n) is 8.18. The summed E-state index contributed by atoms with van der Waals surface area (Å²) in [7, 11) is 0. The van der Waals surface area contributed by atoms with Crippen LogP contribution in [-0.2, 0) is 11.2 Å². The van der Waals surface area contributed by atoms with Crippen LogP contribution < -0.4 is 4.74 Å². The fraction of sp³-hybridized carbons (Fsp3) is 0.611. The summed E-state index contributed by atoms with van der Waals surface area (Å²) in [5.74, 6) is 1.92. The summed E-state index contributed by atoms with van der Waals surface area (Å²) in [6.07, 6.45) is 5.65. The number of carbonyl (C=O) groups is 1. The molecule has 0 N–H and O–H groups in total. The summed E-state index contributed by atoms with van der Waals surface area (Å²) in [4.78, 5) is 14.7. The molecular weight excluding hydrogens is 262 g/mol. The molecule has 0 bridgehead atoms. The van der Waals surface area contributed by atoms with Crippen LogP contribution in [0.1, 0.15) is 45.1 Å². The van der Waals surface area contributed by atoms with Crippen LogP contribution in [0.2, 0.25) is 0 Å². The number of ether oxygens (including phenoxy) is 1. The second-order valence-electron chi connectivity index (χ2n) is 6.62. The number of likely N-dealkylation sites (tertiary alicyclic amines) is 1. The minimum Gasteiger partial charge on any atom is -0.491 e. The number of hydrogen-bond acceptors (Lipinski definition) is 2. The molecule has 1 aromatic rings. The van der Waals surface area contributed by atoms with Crippen LogP contribution in [0.3, 0.4) is 0 Å². The molecule has 2 fully saturated rings. The Morgan fingerprint density at radius 1 is 1.33 bits per heavy atom. The van der Waals surface area contributed by atoms with Gasteiger partial charge in [0.1, 0.15) is 5.75 Å². The summed E-state index contributed by atoms with van der Waals surface area (Å²) >= 11 is 0. The Balaban J connectivity index is 1.64. The van der Waals surface area contributed by atoms with E-state index in [0.29, 0.717) is 12.5 Å². The molecule has 2 aliphatic rings. The van der Waals surface area contributed by atoms with E-state index in [0.717, 1.165) is 23.8 Å². The Kier molecular flexibility index (Phi) is 4.18. The van der Waals surface area contributed by atoms with E-state index in [4.69, 9.17) is 4.74 Å². The van der Waals surface area contributed by atoms with E-state index in [1.807, 2.05) is 38.1 Å². The highest BCUT2D eigenvalue weighted by atomic mass is 16.5. The normalized spacial score (nSPS) is 21.9. The van der Waals surface area contributed by atoms with Crippen molar-refractivity contribution in [3.63, 3.8) is 0 Å². The molecule has 0 radical (unpaired) electrons. The van der Waals surface area contributed by atoms with E-state index in [9.17, 15) is 4.79 Å². The standard InChI is InChI=1S/C18H25NO2/c1-13(2)21-16-6-3-5-14(11-16)12-18(20)19-10-4-7-17(19)15-8-9-15/h3,5-6,11,13,15,17H,4,7-10,12H2,1-2H3. The second kappa shape index (κ2) is 6.08. The summed E-state index contributed by atoms with van der Waals surface area (Å²) in [6, 6.07) is 8.47. The quantitative estimate of drug-likeness (QED) is 0.830. The number of rotatable bonds is 5. The van der Waals surface area contributed by atoms with Crippen LogP contribution >= 0.6 is 0 Å². The van der Waals surface area contributed by atoms with Crippen LogP contribution in [0.25, 0.3) is 0 Å². The predicted octanol–water partition coefficient (Wildman–Crippen LogP) is 3.42. The van der Waals surface area contributed by atoms with Gasteiger partial charge in [-0.1, -0.05) is 12.1 Å². The van der Waals surface area contributed by atoms with Crippen LogP contribution in [0.4, 0.5) is 0 Å². The van der Waals surface area contributed by atoms with Crippen LogP contribution in [0.5, 0.6) is 5.75 Å². The molecule has 1 aromatic carbocycles. The van der Waals surface area contributed by atoms with Gasteiger partial charge in [0.15, 0.2) is 0 Å². The van der Waals surface area contributed by atoms with Gasteiger partial charge in [0.25, 0.3) is 0 Å². The number of carbonyl (C=O) groups excluding carboxylic acids is 1. The van der Waals surface area contributed by atoms with Gasteiger partial charge in [-0.2, -0.15) is 0 Å². The highest BCUT2D eigenvalue weighted by Gasteiger charge is 2.39. The molecule has 1 amide bonds. The van der Waals surface area contributed by atoms with Gasteiger partial charge in [-0.3, -0.25) is 4.79 Å². The molecule has 1 atom stereocenters. The lowest BCUT2D eigenvalue weighted by Gasteiger charge is -2.24. The van der Waals surface area contributed by atoms with Gasteiger partial charge in [0.2, 0.25) is 5.91 Å². The minimum absolute atomic E-state index is 0.161. The van der Waals surface area contributed by atoms with Crippen LogP contribution in [0, 0.1) is 5.92 Å². The van der Waals surface area contributed by atoms with E-state index in [-0.39, 0.29) is 12.0 Å². The van der Waals surface area contributed by atoms with Gasteiger partial charge in [-0.15, -0.1) is 0 Å². The molecule has 0 aromatic heterocycles. The van der Waals surface area contributed by atoms with Gasteiger partial charge < -0.3 is 9.64 Å². The van der Waals surface area contributed by atoms with Crippen LogP contribution in [0.15, 0.2) is 24.3 Å². The van der Waals surface area contributed by atoms with E-state index in [1.165, 1.54) is 25.7 Å². The number of benzene rings is 1. The molecule has 1 aliphatic heterocycles. The van der Waals surface area contributed by atoms with Crippen molar-refractivity contribution < 1.29 is 9.53 Å². The van der Waals surface area contributed by atoms with Crippen molar-refractivity contribution >= 4 is 5.91 Å². The zero-order valence-electron chi connectivity index (χ0n) is 13.0. The van der Waals surface area contributed by atoms with Crippen molar-refractivity contribution in [2.45, 2.75) is 58.1 Å². The zero-order valence-corrected chi connectivity index (χ0v) is 13.0. The molecule has 0 spiro atoms. The topological polar surface area (TPSA) is 29.5 Å². The maximum Gasteiger partial charge on any atom is 0.227 e. The third-order valence-electron chi connectivity index (χ3n) is 4.41. The fourth-order valence-corrected chi connectivity index (χ4v) is 3.35. The van der Waals surface area contributed by atoms with Crippen molar-refractivity contribution in [2.75, 3.05) is 6.54 Å². The van der Waals surface area contributed by atoms with Crippen molar-refractivity contribution in [2.24, 2.45) is 5.92 Å². The molecule has 1 aliphatic carbocycles. The van der Waals surface area contributed by atoms with Crippen molar-refractivity contribution in [1.82, 2.24) is 4.90 Å². The second-order valence-corrected chi connectivity index (χ2v) is 6.62. The Bertz CT molecular complexity index is 508. The lowest BCUT2D eigenvalue weighted by atomic mass is 10.1. The minimum atomic E-state index is 0.161. The molecule has 21 heavy (non-hydrogen) atoms. The highest BCUT2D eigenvalue weighted by molar-refractivity contribution is 5.79. The fourth-order valence-electron chi connectivity index (χ4n) is 3.35. The molecule has 1 heterocycles. The number of amides is 1. The van der Waals surface area contributed by atoms with E-state index >= 15 is 0 Å². The molecule has 1 saturated carbocycles. The summed E-state index contributed by atoms with van der Waals surface area (Å²) in [6.45, 7) is 4.98. The third kappa shape index (κ3) is 3.58. The Morgan fingerprint density at radius 2 is 2.14 bits per heavy atom. The number of hydrogen-bond donors (Lipinski definition) is 0. The lowest BCUT2D eigenvalue weighted by Crippen LogP contribution is -2.37. The molecule has 3 rings (SSSR count). The Labute approximate surface area is 127 Å². The highest BCUT2D eigenvalue weighted by Crippen LogP contribution is 2.40. The van der Waals surface area contributed by atoms with E-state index in [1.54, 1.807) is 0 Å². The van der Waals surface area contributed by atoms with Crippen molar-refractivity contribution in [3.05, 3.63) is 29.8 Å². The average molecular weight is 287 g/mol. The van der Waals surface area contributed by atoms with Gasteiger partial charge >= 0.3 is 0 Å². The van der Waals surface area contributed by atoms with Crippen molar-refractivity contribution in [1.29, 1.82) is 0 Å². The monoisotopic (exact) mass is 287 g/mol. The smallest absolute Gasteiger partial charge is 0.227 e. The first-order valence-corrected chi connectivity index (χ1v) is 8.18. The molecule has 1 unspecified atom stereocenters. The molecule has 3 heteroatoms. The van der Waals surface area contributed by atoms with E-state index in [2.05, 4.69) is 4.90 Å². The predicted molar refractivity (Wildman–Crippen MR) is 83.4 cm³/mol. The zero-order chi connectivity index (χ0) is 14.8. The Morgan fingerprint density at radius 3 is 2.86 bits per heavy atom. The molecular formula is C18H25NO2. The summed E-state index contributed by atoms with van der Waals surface area (Å²) in [5.41, 5.74) is 1.06. The maximum absolute atomic E-state index is 12.6. The molecule has 1 saturated heterocycles. The molecule has 3 nitrogen and oxygen atoms in total. The first-order chi connectivity index (χ1) is 10.1. The van der Waals surface area contributed by atoms with Crippen molar-refractivity contribution in [3.8, 4) is 5.75 Å². The molecule has 114 valence electrons. The van der Waals surface area contributed by atoms with Gasteiger partial charge in [0.05, 0.1) is 12.5 Å². The average Bonchev–Trinajstić information content (AvgIpc) is 3.15. The SMILES string of the molecule is CC(C)Oc1cccc(CC(=O)N2CCCC2C2CC2)c1. The number of nitrogens with zero attached hydrogens (tertiary/aromatic N) is 1. The van der Waals surface area contributed by atoms with Crippen LogP contribution in [-0.4, -0.2) is 29.5 Å². The van der Waals surface area contributed by atoms with Gasteiger partial charge in [-0.25, -0.2) is 0 Å². The third-order valence-corrected chi connectivity index (χ3v) is 4.41. The largest absolute Gasteiger partial charge is 0.491 e.